The first-order chi connectivity index (χ1) is 15.5. The summed E-state index contributed by atoms with van der Waals surface area (Å²) in [5, 5.41) is 15.6. The minimum absolute atomic E-state index is 0.282. The zero-order chi connectivity index (χ0) is 24.3. The zero-order valence-electron chi connectivity index (χ0n) is 19.2. The van der Waals surface area contributed by atoms with E-state index in [0.29, 0.717) is 30.1 Å². The van der Waals surface area contributed by atoms with Crippen molar-refractivity contribution in [1.29, 1.82) is 0 Å². The highest BCUT2D eigenvalue weighted by atomic mass is 32.1. The Labute approximate surface area is 196 Å². The summed E-state index contributed by atoms with van der Waals surface area (Å²) in [5.41, 5.74) is 6.09. The summed E-state index contributed by atoms with van der Waals surface area (Å²) in [4.78, 5) is 38.9. The van der Waals surface area contributed by atoms with E-state index in [2.05, 4.69) is 10.6 Å². The number of carbonyl (C=O) groups excluding carboxylic acids is 2. The van der Waals surface area contributed by atoms with Crippen LogP contribution in [0.4, 0.5) is 14.6 Å². The lowest BCUT2D eigenvalue weighted by atomic mass is 9.77. The van der Waals surface area contributed by atoms with Gasteiger partial charge in [0.2, 0.25) is 0 Å². The molecule has 1 aliphatic rings. The van der Waals surface area contributed by atoms with Crippen molar-refractivity contribution in [3.63, 3.8) is 0 Å². The molecule has 2 atom stereocenters. The van der Waals surface area contributed by atoms with Gasteiger partial charge in [0.15, 0.2) is 0 Å². The minimum atomic E-state index is -0.998. The van der Waals surface area contributed by atoms with Crippen molar-refractivity contribution >= 4 is 34.4 Å². The summed E-state index contributed by atoms with van der Waals surface area (Å²) in [6.07, 6.45) is 0.310. The average Bonchev–Trinajstić information content (AvgIpc) is 3.16. The number of hydrogen-bond donors (Lipinski definition) is 4. The summed E-state index contributed by atoms with van der Waals surface area (Å²) < 4.78 is 5.19. The molecule has 9 nitrogen and oxygen atoms in total. The molecule has 4 amide bonds. The third kappa shape index (κ3) is 5.57. The highest BCUT2D eigenvalue weighted by Crippen LogP contribution is 2.37. The van der Waals surface area contributed by atoms with Gasteiger partial charge in [0, 0.05) is 11.4 Å². The Kier molecular flexibility index (Phi) is 7.16. The van der Waals surface area contributed by atoms with Crippen LogP contribution in [-0.2, 0) is 0 Å². The lowest BCUT2D eigenvalue weighted by molar-refractivity contribution is 0.0359. The number of nitrogens with two attached hydrogens (primary N) is 1. The molecule has 33 heavy (non-hydrogen) atoms. The number of methoxy groups -OCH3 is 1. The molecule has 1 aromatic carbocycles. The van der Waals surface area contributed by atoms with Crippen LogP contribution in [0.2, 0.25) is 0 Å². The highest BCUT2D eigenvalue weighted by Gasteiger charge is 2.42. The lowest BCUT2D eigenvalue weighted by Crippen LogP contribution is -2.61. The number of primary amides is 1. The largest absolute Gasteiger partial charge is 0.497 e. The van der Waals surface area contributed by atoms with E-state index in [1.807, 2.05) is 45.0 Å². The molecule has 10 heteroatoms. The number of carbonyl (C=O) groups is 3. The molecule has 3 rings (SSSR count). The summed E-state index contributed by atoms with van der Waals surface area (Å²) in [5.74, 6) is 0.318. The first kappa shape index (κ1) is 24.4. The van der Waals surface area contributed by atoms with Crippen molar-refractivity contribution in [2.75, 3.05) is 19.0 Å². The first-order valence-electron chi connectivity index (χ1n) is 10.7. The molecular weight excluding hydrogens is 444 g/mol. The molecule has 1 aromatic heterocycles. The van der Waals surface area contributed by atoms with Gasteiger partial charge in [0.05, 0.1) is 24.8 Å². The van der Waals surface area contributed by atoms with Crippen LogP contribution in [0.1, 0.15) is 44.0 Å². The highest BCUT2D eigenvalue weighted by molar-refractivity contribution is 7.20. The maximum atomic E-state index is 13.3. The smallest absolute Gasteiger partial charge is 0.407 e. The van der Waals surface area contributed by atoms with E-state index in [1.165, 1.54) is 16.2 Å². The number of carboxylic acid groups (broad SMARTS) is 1. The van der Waals surface area contributed by atoms with Crippen molar-refractivity contribution in [1.82, 2.24) is 10.2 Å². The van der Waals surface area contributed by atoms with E-state index in [-0.39, 0.29) is 29.0 Å². The number of hydrogen-bond acceptors (Lipinski definition) is 5. The van der Waals surface area contributed by atoms with Gasteiger partial charge in [-0.25, -0.2) is 9.59 Å². The van der Waals surface area contributed by atoms with Crippen molar-refractivity contribution in [2.24, 2.45) is 11.1 Å². The normalized spacial score (nSPS) is 18.5. The fourth-order valence-corrected chi connectivity index (χ4v) is 5.40. The number of rotatable bonds is 5. The predicted molar refractivity (Wildman–Crippen MR) is 128 cm³/mol. The number of anilines is 1. The molecule has 1 aliphatic heterocycles. The molecule has 1 unspecified atom stereocenters. The predicted octanol–water partition coefficient (Wildman–Crippen LogP) is 4.20. The molecular formula is C23H30N4O5S. The zero-order valence-corrected chi connectivity index (χ0v) is 20.0. The molecule has 5 N–H and O–H groups in total. The van der Waals surface area contributed by atoms with Crippen LogP contribution in [0.15, 0.2) is 30.3 Å². The van der Waals surface area contributed by atoms with Crippen LogP contribution < -0.4 is 21.1 Å². The summed E-state index contributed by atoms with van der Waals surface area (Å²) in [6, 6.07) is 7.53. The van der Waals surface area contributed by atoms with Crippen LogP contribution in [-0.4, -0.2) is 53.8 Å². The maximum Gasteiger partial charge on any atom is 0.407 e. The molecule has 0 spiro atoms. The van der Waals surface area contributed by atoms with Gasteiger partial charge >= 0.3 is 12.1 Å². The monoisotopic (exact) mass is 474 g/mol. The van der Waals surface area contributed by atoms with Gasteiger partial charge in [-0.1, -0.05) is 20.8 Å². The van der Waals surface area contributed by atoms with E-state index in [9.17, 15) is 19.5 Å². The maximum absolute atomic E-state index is 13.3. The second-order valence-corrected chi connectivity index (χ2v) is 10.1. The molecule has 2 aromatic rings. The molecule has 0 bridgehead atoms. The first-order valence-corrected chi connectivity index (χ1v) is 11.5. The van der Waals surface area contributed by atoms with Crippen LogP contribution in [0, 0.1) is 5.41 Å². The van der Waals surface area contributed by atoms with E-state index in [1.54, 1.807) is 13.2 Å². The Morgan fingerprint density at radius 2 is 1.88 bits per heavy atom. The number of nitrogens with zero attached hydrogens (tertiary/aromatic N) is 1. The van der Waals surface area contributed by atoms with Gasteiger partial charge in [-0.05, 0) is 54.2 Å². The van der Waals surface area contributed by atoms with E-state index >= 15 is 0 Å². The van der Waals surface area contributed by atoms with Gasteiger partial charge in [-0.3, -0.25) is 10.1 Å². The molecule has 178 valence electrons. The number of benzene rings is 1. The Morgan fingerprint density at radius 3 is 2.42 bits per heavy atom. The Balaban J connectivity index is 1.92. The van der Waals surface area contributed by atoms with Gasteiger partial charge in [-0.15, -0.1) is 11.3 Å². The number of piperidine rings is 1. The summed E-state index contributed by atoms with van der Waals surface area (Å²) in [6.45, 7) is 6.32. The van der Waals surface area contributed by atoms with Crippen LogP contribution >= 0.6 is 11.3 Å². The van der Waals surface area contributed by atoms with Crippen LogP contribution in [0.25, 0.3) is 10.4 Å². The fourth-order valence-electron chi connectivity index (χ4n) is 4.34. The number of nitrogens with one attached hydrogen (secondary N) is 2. The Hall–Kier alpha value is -3.27. The second-order valence-electron chi connectivity index (χ2n) is 9.08. The topological polar surface area (TPSA) is 134 Å². The third-order valence-corrected chi connectivity index (χ3v) is 6.77. The molecule has 2 heterocycles. The van der Waals surface area contributed by atoms with Gasteiger partial charge in [0.1, 0.15) is 10.8 Å². The third-order valence-electron chi connectivity index (χ3n) is 5.67. The Morgan fingerprint density at radius 1 is 1.21 bits per heavy atom. The SMILES string of the molecule is COc1ccc(-c2cc(C(=O)N[C@@H]3CCCN(C(=O)O)C3C(C)(C)C)c(NC(N)=O)s2)cc1. The molecule has 0 aliphatic carbocycles. The number of ether oxygens (including phenoxy) is 1. The quantitative estimate of drug-likeness (QED) is 0.515. The standard InChI is InChI=1S/C23H30N4O5S/c1-23(2,3)18-16(6-5-11-27(18)22(30)31)25-19(28)15-12-17(33-20(15)26-21(24)29)13-7-9-14(32-4)10-8-13/h7-10,12,16,18H,5-6,11H2,1-4H3,(H,25,28)(H,30,31)(H3,24,26,29)/t16-,18?/m1/s1. The van der Waals surface area contributed by atoms with Crippen molar-refractivity contribution in [2.45, 2.75) is 45.7 Å². The summed E-state index contributed by atoms with van der Waals surface area (Å²) in [7, 11) is 1.58. The van der Waals surface area contributed by atoms with Gasteiger partial charge < -0.3 is 25.8 Å². The van der Waals surface area contributed by atoms with Crippen LogP contribution in [0.5, 0.6) is 5.75 Å². The van der Waals surface area contributed by atoms with E-state index < -0.39 is 12.1 Å². The van der Waals surface area contributed by atoms with E-state index in [0.717, 1.165) is 10.4 Å². The lowest BCUT2D eigenvalue weighted by Gasteiger charge is -2.46. The molecule has 0 radical (unpaired) electrons. The minimum Gasteiger partial charge on any atom is -0.497 e. The number of likely N-dealkylation sites (tertiary alicyclic amines) is 1. The Bertz CT molecular complexity index is 1030. The fraction of sp³-hybridized carbons (Fsp3) is 0.435. The van der Waals surface area contributed by atoms with Crippen molar-refractivity contribution in [3.8, 4) is 16.2 Å². The van der Waals surface area contributed by atoms with Gasteiger partial charge in [0.25, 0.3) is 5.91 Å². The average molecular weight is 475 g/mol. The number of amides is 4. The molecule has 1 fully saturated rings. The van der Waals surface area contributed by atoms with Crippen LogP contribution in [0.3, 0.4) is 0 Å². The van der Waals surface area contributed by atoms with E-state index in [4.69, 9.17) is 10.5 Å². The van der Waals surface area contributed by atoms with Gasteiger partial charge in [-0.2, -0.15) is 0 Å². The molecule has 1 saturated heterocycles. The number of urea groups is 1. The second kappa shape index (κ2) is 9.70. The van der Waals surface area contributed by atoms with Crippen molar-refractivity contribution in [3.05, 3.63) is 35.9 Å². The molecule has 0 saturated carbocycles. The van der Waals surface area contributed by atoms with Crippen molar-refractivity contribution < 1.29 is 24.2 Å². The summed E-state index contributed by atoms with van der Waals surface area (Å²) >= 11 is 1.24. The number of thiophene rings is 1.